The molecular weight excluding hydrogens is 321 g/mol. The van der Waals surface area contributed by atoms with E-state index in [0.29, 0.717) is 16.3 Å². The van der Waals surface area contributed by atoms with Crippen molar-refractivity contribution in [2.45, 2.75) is 6.42 Å². The number of rotatable bonds is 4. The highest BCUT2D eigenvalue weighted by atomic mass is 35.5. The van der Waals surface area contributed by atoms with Gasteiger partial charge in [0.2, 0.25) is 5.91 Å². The first kappa shape index (κ1) is 15.2. The smallest absolute Gasteiger partial charge is 0.257 e. The first-order chi connectivity index (χ1) is 11.1. The maximum absolute atomic E-state index is 12.9. The van der Waals surface area contributed by atoms with E-state index in [-0.39, 0.29) is 29.9 Å². The van der Waals surface area contributed by atoms with Gasteiger partial charge in [0.05, 0.1) is 6.42 Å². The Hall–Kier alpha value is -2.73. The highest BCUT2D eigenvalue weighted by molar-refractivity contribution is 6.30. The Kier molecular flexibility index (Phi) is 4.34. The first-order valence-electron chi connectivity index (χ1n) is 6.74. The average Bonchev–Trinajstić information content (AvgIpc) is 2.96. The van der Waals surface area contributed by atoms with Gasteiger partial charge in [-0.1, -0.05) is 22.8 Å². The van der Waals surface area contributed by atoms with Gasteiger partial charge in [-0.05, 0) is 42.5 Å². The number of benzene rings is 2. The Bertz CT molecular complexity index is 833. The molecule has 0 saturated carbocycles. The number of anilines is 1. The molecule has 0 unspecified atom stereocenters. The number of hydrogen-bond donors (Lipinski definition) is 1. The SMILES string of the molecule is O=C(Cc1noc(-c2ccc(F)cc2)n1)Nc1cccc(Cl)c1. The lowest BCUT2D eigenvalue weighted by Gasteiger charge is -2.03. The number of aromatic nitrogens is 2. The van der Waals surface area contributed by atoms with Crippen molar-refractivity contribution in [3.63, 3.8) is 0 Å². The summed E-state index contributed by atoms with van der Waals surface area (Å²) in [6.45, 7) is 0. The zero-order valence-corrected chi connectivity index (χ0v) is 12.5. The molecule has 1 aromatic heterocycles. The van der Waals surface area contributed by atoms with Crippen molar-refractivity contribution >= 4 is 23.2 Å². The fourth-order valence-corrected chi connectivity index (χ4v) is 2.14. The number of nitrogens with one attached hydrogen (secondary N) is 1. The lowest BCUT2D eigenvalue weighted by atomic mass is 10.2. The van der Waals surface area contributed by atoms with Crippen molar-refractivity contribution in [3.8, 4) is 11.5 Å². The van der Waals surface area contributed by atoms with Crippen LogP contribution in [-0.2, 0) is 11.2 Å². The molecule has 116 valence electrons. The van der Waals surface area contributed by atoms with Crippen molar-refractivity contribution in [1.82, 2.24) is 10.1 Å². The molecule has 7 heteroatoms. The van der Waals surface area contributed by atoms with Crippen LogP contribution in [0.3, 0.4) is 0 Å². The third-order valence-corrected chi connectivity index (χ3v) is 3.22. The number of carbonyl (C=O) groups is 1. The van der Waals surface area contributed by atoms with Gasteiger partial charge in [-0.15, -0.1) is 0 Å². The fourth-order valence-electron chi connectivity index (χ4n) is 1.95. The minimum Gasteiger partial charge on any atom is -0.334 e. The molecule has 0 radical (unpaired) electrons. The summed E-state index contributed by atoms with van der Waals surface area (Å²) in [5.41, 5.74) is 1.17. The number of amides is 1. The third kappa shape index (κ3) is 3.92. The molecule has 0 saturated heterocycles. The standard InChI is InChI=1S/C16H11ClFN3O2/c17-11-2-1-3-13(8-11)19-15(22)9-14-20-16(23-21-14)10-4-6-12(18)7-5-10/h1-8H,9H2,(H,19,22). The maximum Gasteiger partial charge on any atom is 0.257 e. The minimum absolute atomic E-state index is 0.0444. The Morgan fingerprint density at radius 2 is 2.00 bits per heavy atom. The summed E-state index contributed by atoms with van der Waals surface area (Å²) in [4.78, 5) is 16.1. The van der Waals surface area contributed by atoms with Crippen LogP contribution in [0.4, 0.5) is 10.1 Å². The van der Waals surface area contributed by atoms with Crippen LogP contribution < -0.4 is 5.32 Å². The molecular formula is C16H11ClFN3O2. The summed E-state index contributed by atoms with van der Waals surface area (Å²) < 4.78 is 18.0. The Morgan fingerprint density at radius 1 is 1.22 bits per heavy atom. The van der Waals surface area contributed by atoms with E-state index in [0.717, 1.165) is 0 Å². The molecule has 1 heterocycles. The minimum atomic E-state index is -0.352. The summed E-state index contributed by atoms with van der Waals surface area (Å²) in [6.07, 6.45) is -0.0444. The Labute approximate surface area is 136 Å². The topological polar surface area (TPSA) is 68.0 Å². The second kappa shape index (κ2) is 6.58. The molecule has 1 amide bonds. The van der Waals surface area contributed by atoms with Crippen LogP contribution in [0, 0.1) is 5.82 Å². The number of nitrogens with zero attached hydrogens (tertiary/aromatic N) is 2. The second-order valence-electron chi connectivity index (χ2n) is 4.76. The molecule has 3 rings (SSSR count). The van der Waals surface area contributed by atoms with Crippen molar-refractivity contribution in [1.29, 1.82) is 0 Å². The van der Waals surface area contributed by atoms with Crippen LogP contribution in [0.1, 0.15) is 5.82 Å². The molecule has 1 N–H and O–H groups in total. The van der Waals surface area contributed by atoms with Crippen LogP contribution in [0.5, 0.6) is 0 Å². The van der Waals surface area contributed by atoms with Gasteiger partial charge in [-0.2, -0.15) is 4.98 Å². The maximum atomic E-state index is 12.9. The highest BCUT2D eigenvalue weighted by Crippen LogP contribution is 2.18. The summed E-state index contributed by atoms with van der Waals surface area (Å²) >= 11 is 5.85. The average molecular weight is 332 g/mol. The van der Waals surface area contributed by atoms with Gasteiger partial charge in [0, 0.05) is 16.3 Å². The van der Waals surface area contributed by atoms with Gasteiger partial charge in [0.1, 0.15) is 5.82 Å². The van der Waals surface area contributed by atoms with Crippen molar-refractivity contribution in [2.75, 3.05) is 5.32 Å². The molecule has 3 aromatic rings. The van der Waals surface area contributed by atoms with Gasteiger partial charge in [0.15, 0.2) is 5.82 Å². The molecule has 0 bridgehead atoms. The third-order valence-electron chi connectivity index (χ3n) is 2.99. The molecule has 0 fully saturated rings. The van der Waals surface area contributed by atoms with Gasteiger partial charge in [0.25, 0.3) is 5.89 Å². The number of halogens is 2. The predicted octanol–water partition coefficient (Wildman–Crippen LogP) is 3.71. The van der Waals surface area contributed by atoms with Crippen LogP contribution in [0.2, 0.25) is 5.02 Å². The van der Waals surface area contributed by atoms with Gasteiger partial charge in [-0.3, -0.25) is 4.79 Å². The molecule has 0 aliphatic rings. The predicted molar refractivity (Wildman–Crippen MR) is 83.5 cm³/mol. The molecule has 0 aliphatic heterocycles. The monoisotopic (exact) mass is 331 g/mol. The molecule has 0 aliphatic carbocycles. The summed E-state index contributed by atoms with van der Waals surface area (Å²) in [7, 11) is 0. The van der Waals surface area contributed by atoms with E-state index in [2.05, 4.69) is 15.5 Å². The Balaban J connectivity index is 1.66. The lowest BCUT2D eigenvalue weighted by molar-refractivity contribution is -0.115. The van der Waals surface area contributed by atoms with E-state index in [1.54, 1.807) is 24.3 Å². The lowest BCUT2D eigenvalue weighted by Crippen LogP contribution is -2.15. The number of carbonyl (C=O) groups excluding carboxylic acids is 1. The second-order valence-corrected chi connectivity index (χ2v) is 5.19. The molecule has 0 atom stereocenters. The zero-order valence-electron chi connectivity index (χ0n) is 11.8. The van der Waals surface area contributed by atoms with Gasteiger partial charge in [-0.25, -0.2) is 4.39 Å². The Morgan fingerprint density at radius 3 is 2.74 bits per heavy atom. The van der Waals surface area contributed by atoms with E-state index in [4.69, 9.17) is 16.1 Å². The van der Waals surface area contributed by atoms with E-state index >= 15 is 0 Å². The molecule has 23 heavy (non-hydrogen) atoms. The molecule has 0 spiro atoms. The van der Waals surface area contributed by atoms with Crippen LogP contribution in [-0.4, -0.2) is 16.0 Å². The van der Waals surface area contributed by atoms with Crippen LogP contribution in [0.25, 0.3) is 11.5 Å². The largest absolute Gasteiger partial charge is 0.334 e. The highest BCUT2D eigenvalue weighted by Gasteiger charge is 2.12. The fraction of sp³-hybridized carbons (Fsp3) is 0.0625. The summed E-state index contributed by atoms with van der Waals surface area (Å²) in [6, 6.07) is 12.5. The van der Waals surface area contributed by atoms with Crippen molar-refractivity contribution in [3.05, 3.63) is 65.2 Å². The van der Waals surface area contributed by atoms with Gasteiger partial charge < -0.3 is 9.84 Å². The van der Waals surface area contributed by atoms with E-state index in [1.165, 1.54) is 24.3 Å². The van der Waals surface area contributed by atoms with Crippen LogP contribution >= 0.6 is 11.6 Å². The quantitative estimate of drug-likeness (QED) is 0.791. The first-order valence-corrected chi connectivity index (χ1v) is 7.12. The van der Waals surface area contributed by atoms with Crippen molar-refractivity contribution < 1.29 is 13.7 Å². The van der Waals surface area contributed by atoms with Crippen molar-refractivity contribution in [2.24, 2.45) is 0 Å². The molecule has 2 aromatic carbocycles. The zero-order chi connectivity index (χ0) is 16.2. The number of hydrogen-bond acceptors (Lipinski definition) is 4. The van der Waals surface area contributed by atoms with E-state index in [9.17, 15) is 9.18 Å². The summed E-state index contributed by atoms with van der Waals surface area (Å²) in [5.74, 6) is -0.174. The van der Waals surface area contributed by atoms with Gasteiger partial charge >= 0.3 is 0 Å². The summed E-state index contributed by atoms with van der Waals surface area (Å²) in [5, 5.41) is 6.97. The van der Waals surface area contributed by atoms with E-state index < -0.39 is 0 Å². The normalized spacial score (nSPS) is 10.5. The molecule has 5 nitrogen and oxygen atoms in total. The van der Waals surface area contributed by atoms with E-state index in [1.807, 2.05) is 0 Å². The van der Waals surface area contributed by atoms with Crippen LogP contribution in [0.15, 0.2) is 53.1 Å².